The van der Waals surface area contributed by atoms with Gasteiger partial charge in [-0.15, -0.1) is 0 Å². The van der Waals surface area contributed by atoms with Crippen molar-refractivity contribution < 1.29 is 9.53 Å². The van der Waals surface area contributed by atoms with E-state index in [2.05, 4.69) is 10.6 Å². The van der Waals surface area contributed by atoms with Crippen molar-refractivity contribution in [2.75, 3.05) is 32.8 Å². The highest BCUT2D eigenvalue weighted by Crippen LogP contribution is 2.09. The SMILES string of the molecule is CCOCC(=O)NCC1CCNCC1. The number of piperidine rings is 1. The molecule has 0 spiro atoms. The van der Waals surface area contributed by atoms with Crippen molar-refractivity contribution in [1.82, 2.24) is 10.6 Å². The van der Waals surface area contributed by atoms with Gasteiger partial charge in [0.1, 0.15) is 6.61 Å². The number of hydrogen-bond donors (Lipinski definition) is 2. The summed E-state index contributed by atoms with van der Waals surface area (Å²) in [4.78, 5) is 11.2. The number of hydrogen-bond acceptors (Lipinski definition) is 3. The number of nitrogens with one attached hydrogen (secondary N) is 2. The first kappa shape index (κ1) is 11.5. The molecular formula is C10H20N2O2. The van der Waals surface area contributed by atoms with Gasteiger partial charge in [0.2, 0.25) is 5.91 Å². The molecule has 0 saturated carbocycles. The lowest BCUT2D eigenvalue weighted by Crippen LogP contribution is -2.37. The number of carbonyl (C=O) groups excluding carboxylic acids is 1. The first-order chi connectivity index (χ1) is 6.83. The highest BCUT2D eigenvalue weighted by molar-refractivity contribution is 5.77. The Hall–Kier alpha value is -0.610. The Kier molecular flexibility index (Phi) is 5.56. The standard InChI is InChI=1S/C10H20N2O2/c1-2-14-8-10(13)12-7-9-3-5-11-6-4-9/h9,11H,2-8H2,1H3,(H,12,13). The van der Waals surface area contributed by atoms with E-state index in [1.54, 1.807) is 0 Å². The highest BCUT2D eigenvalue weighted by atomic mass is 16.5. The van der Waals surface area contributed by atoms with Crippen LogP contribution >= 0.6 is 0 Å². The van der Waals surface area contributed by atoms with E-state index in [4.69, 9.17) is 4.74 Å². The second-order valence-corrected chi connectivity index (χ2v) is 3.63. The van der Waals surface area contributed by atoms with Crippen molar-refractivity contribution >= 4 is 5.91 Å². The van der Waals surface area contributed by atoms with E-state index in [1.807, 2.05) is 6.92 Å². The lowest BCUT2D eigenvalue weighted by atomic mass is 9.98. The van der Waals surface area contributed by atoms with E-state index in [0.29, 0.717) is 12.5 Å². The van der Waals surface area contributed by atoms with Crippen molar-refractivity contribution in [2.24, 2.45) is 5.92 Å². The van der Waals surface area contributed by atoms with Crippen molar-refractivity contribution in [3.05, 3.63) is 0 Å². The topological polar surface area (TPSA) is 50.4 Å². The molecule has 0 radical (unpaired) electrons. The predicted octanol–water partition coefficient (Wildman–Crippen LogP) is 0.139. The zero-order valence-corrected chi connectivity index (χ0v) is 8.84. The average Bonchev–Trinajstić information content (AvgIpc) is 2.25. The second kappa shape index (κ2) is 6.79. The first-order valence-corrected chi connectivity index (χ1v) is 5.38. The molecule has 0 atom stereocenters. The maximum atomic E-state index is 11.2. The Balaban J connectivity index is 2.03. The molecule has 0 aromatic carbocycles. The fraction of sp³-hybridized carbons (Fsp3) is 0.900. The van der Waals surface area contributed by atoms with Crippen LogP contribution in [0.2, 0.25) is 0 Å². The van der Waals surface area contributed by atoms with E-state index < -0.39 is 0 Å². The minimum absolute atomic E-state index is 0.00498. The minimum Gasteiger partial charge on any atom is -0.372 e. The summed E-state index contributed by atoms with van der Waals surface area (Å²) in [6.45, 7) is 5.63. The van der Waals surface area contributed by atoms with Gasteiger partial charge in [-0.1, -0.05) is 0 Å². The van der Waals surface area contributed by atoms with Gasteiger partial charge in [0.15, 0.2) is 0 Å². The van der Waals surface area contributed by atoms with Crippen LogP contribution in [0.3, 0.4) is 0 Å². The lowest BCUT2D eigenvalue weighted by molar-refractivity contribution is -0.125. The molecule has 1 amide bonds. The number of amides is 1. The normalized spacial score (nSPS) is 18.1. The Morgan fingerprint density at radius 1 is 1.50 bits per heavy atom. The molecule has 0 aromatic rings. The quantitative estimate of drug-likeness (QED) is 0.663. The molecule has 0 aliphatic carbocycles. The number of ether oxygens (including phenoxy) is 1. The largest absolute Gasteiger partial charge is 0.372 e. The van der Waals surface area contributed by atoms with E-state index in [0.717, 1.165) is 32.5 Å². The van der Waals surface area contributed by atoms with Gasteiger partial charge >= 0.3 is 0 Å². The molecule has 1 aliphatic rings. The van der Waals surface area contributed by atoms with Gasteiger partial charge in [0, 0.05) is 13.2 Å². The van der Waals surface area contributed by atoms with E-state index in [9.17, 15) is 4.79 Å². The molecule has 0 bridgehead atoms. The van der Waals surface area contributed by atoms with Gasteiger partial charge in [-0.25, -0.2) is 0 Å². The first-order valence-electron chi connectivity index (χ1n) is 5.38. The van der Waals surface area contributed by atoms with E-state index >= 15 is 0 Å². The third kappa shape index (κ3) is 4.58. The van der Waals surface area contributed by atoms with Crippen molar-refractivity contribution in [3.8, 4) is 0 Å². The third-order valence-electron chi connectivity index (χ3n) is 2.48. The summed E-state index contributed by atoms with van der Waals surface area (Å²) in [7, 11) is 0. The fourth-order valence-corrected chi connectivity index (χ4v) is 1.59. The van der Waals surface area contributed by atoms with Crippen molar-refractivity contribution in [3.63, 3.8) is 0 Å². The monoisotopic (exact) mass is 200 g/mol. The molecule has 2 N–H and O–H groups in total. The molecule has 1 heterocycles. The molecule has 0 aromatic heterocycles. The van der Waals surface area contributed by atoms with Gasteiger partial charge in [-0.3, -0.25) is 4.79 Å². The maximum absolute atomic E-state index is 11.2. The minimum atomic E-state index is 0.00498. The zero-order valence-electron chi connectivity index (χ0n) is 8.84. The smallest absolute Gasteiger partial charge is 0.246 e. The summed E-state index contributed by atoms with van der Waals surface area (Å²) in [5.41, 5.74) is 0. The molecule has 1 rings (SSSR count). The molecule has 14 heavy (non-hydrogen) atoms. The van der Waals surface area contributed by atoms with Crippen LogP contribution in [0.25, 0.3) is 0 Å². The van der Waals surface area contributed by atoms with Crippen molar-refractivity contribution in [1.29, 1.82) is 0 Å². The predicted molar refractivity (Wildman–Crippen MR) is 55.1 cm³/mol. The van der Waals surface area contributed by atoms with Crippen LogP contribution in [-0.4, -0.2) is 38.8 Å². The van der Waals surface area contributed by atoms with Crippen LogP contribution in [-0.2, 0) is 9.53 Å². The highest BCUT2D eigenvalue weighted by Gasteiger charge is 2.13. The molecule has 4 heteroatoms. The van der Waals surface area contributed by atoms with Gasteiger partial charge in [0.25, 0.3) is 0 Å². The van der Waals surface area contributed by atoms with Crippen LogP contribution in [0.4, 0.5) is 0 Å². The van der Waals surface area contributed by atoms with Gasteiger partial charge < -0.3 is 15.4 Å². The third-order valence-corrected chi connectivity index (χ3v) is 2.48. The molecule has 1 saturated heterocycles. The zero-order chi connectivity index (χ0) is 10.2. The van der Waals surface area contributed by atoms with Crippen LogP contribution in [0.5, 0.6) is 0 Å². The molecule has 1 fully saturated rings. The summed E-state index contributed by atoms with van der Waals surface area (Å²) in [5, 5.41) is 6.19. The van der Waals surface area contributed by atoms with Gasteiger partial charge in [-0.05, 0) is 38.8 Å². The second-order valence-electron chi connectivity index (χ2n) is 3.63. The molecule has 0 unspecified atom stereocenters. The molecule has 82 valence electrons. The van der Waals surface area contributed by atoms with E-state index in [1.165, 1.54) is 0 Å². The molecule has 1 aliphatic heterocycles. The van der Waals surface area contributed by atoms with E-state index in [-0.39, 0.29) is 12.5 Å². The van der Waals surface area contributed by atoms with Crippen molar-refractivity contribution in [2.45, 2.75) is 19.8 Å². The van der Waals surface area contributed by atoms with Crippen LogP contribution < -0.4 is 10.6 Å². The number of carbonyl (C=O) groups is 1. The Morgan fingerprint density at radius 2 is 2.21 bits per heavy atom. The van der Waals surface area contributed by atoms with Crippen LogP contribution in [0, 0.1) is 5.92 Å². The summed E-state index contributed by atoms with van der Waals surface area (Å²) < 4.78 is 5.01. The fourth-order valence-electron chi connectivity index (χ4n) is 1.59. The molecular weight excluding hydrogens is 180 g/mol. The maximum Gasteiger partial charge on any atom is 0.246 e. The van der Waals surface area contributed by atoms with Gasteiger partial charge in [-0.2, -0.15) is 0 Å². The van der Waals surface area contributed by atoms with Crippen LogP contribution in [0.15, 0.2) is 0 Å². The summed E-state index contributed by atoms with van der Waals surface area (Å²) in [6, 6.07) is 0. The number of rotatable bonds is 5. The lowest BCUT2D eigenvalue weighted by Gasteiger charge is -2.22. The Bertz CT molecular complexity index is 168. The van der Waals surface area contributed by atoms with Crippen LogP contribution in [0.1, 0.15) is 19.8 Å². The Morgan fingerprint density at radius 3 is 2.86 bits per heavy atom. The summed E-state index contributed by atoms with van der Waals surface area (Å²) >= 11 is 0. The summed E-state index contributed by atoms with van der Waals surface area (Å²) in [5.74, 6) is 0.646. The van der Waals surface area contributed by atoms with Gasteiger partial charge in [0.05, 0.1) is 0 Å². The summed E-state index contributed by atoms with van der Waals surface area (Å²) in [6.07, 6.45) is 2.32. The molecule has 4 nitrogen and oxygen atoms in total. The Labute approximate surface area is 85.4 Å². The average molecular weight is 200 g/mol.